The summed E-state index contributed by atoms with van der Waals surface area (Å²) < 4.78 is 18.3. The molecule has 7 heteroatoms. The van der Waals surface area contributed by atoms with E-state index in [-0.39, 0.29) is 4.88 Å². The summed E-state index contributed by atoms with van der Waals surface area (Å²) in [7, 11) is 0. The number of primary amides is 1. The molecule has 0 bridgehead atoms. The zero-order valence-corrected chi connectivity index (χ0v) is 11.6. The molecule has 1 aromatic heterocycles. The molecule has 4 nitrogen and oxygen atoms in total. The number of benzene rings is 1. The molecule has 0 spiro atoms. The standard InChI is InChI=1S/C13H9ClFNO3S/c14-10-6-5-9(20-10)13(18)19-11(12(16)17)7-1-3-8(15)4-2-7/h1-6,11H,(H2,16,17). The minimum absolute atomic E-state index is 0.253. The van der Waals surface area contributed by atoms with E-state index in [0.29, 0.717) is 9.90 Å². The summed E-state index contributed by atoms with van der Waals surface area (Å²) in [4.78, 5) is 23.5. The molecule has 2 rings (SSSR count). The number of rotatable bonds is 4. The van der Waals surface area contributed by atoms with Crippen molar-refractivity contribution in [2.24, 2.45) is 5.73 Å². The molecular weight excluding hydrogens is 305 g/mol. The van der Waals surface area contributed by atoms with Crippen LogP contribution >= 0.6 is 22.9 Å². The Bertz CT molecular complexity index is 641. The van der Waals surface area contributed by atoms with E-state index in [1.807, 2.05) is 0 Å². The molecule has 2 N–H and O–H groups in total. The third kappa shape index (κ3) is 3.34. The molecule has 1 amide bonds. The maximum Gasteiger partial charge on any atom is 0.349 e. The fourth-order valence-electron chi connectivity index (χ4n) is 1.52. The SMILES string of the molecule is NC(=O)C(OC(=O)c1ccc(Cl)s1)c1ccc(F)cc1. The van der Waals surface area contributed by atoms with Gasteiger partial charge in [-0.3, -0.25) is 4.79 Å². The molecule has 1 aromatic carbocycles. The maximum atomic E-state index is 12.8. The van der Waals surface area contributed by atoms with Gasteiger partial charge in [0.2, 0.25) is 6.10 Å². The van der Waals surface area contributed by atoms with E-state index in [0.717, 1.165) is 23.5 Å². The number of nitrogens with two attached hydrogens (primary N) is 1. The Balaban J connectivity index is 2.20. The molecule has 0 aliphatic carbocycles. The quantitative estimate of drug-likeness (QED) is 0.882. The Morgan fingerprint density at radius 1 is 1.20 bits per heavy atom. The number of hydrogen-bond donors (Lipinski definition) is 1. The highest BCUT2D eigenvalue weighted by Gasteiger charge is 2.24. The third-order valence-electron chi connectivity index (χ3n) is 2.43. The van der Waals surface area contributed by atoms with E-state index < -0.39 is 23.8 Å². The Kier molecular flexibility index (Phi) is 4.36. The Hall–Kier alpha value is -1.92. The number of thiophene rings is 1. The van der Waals surface area contributed by atoms with Crippen molar-refractivity contribution in [3.63, 3.8) is 0 Å². The third-order valence-corrected chi connectivity index (χ3v) is 3.64. The molecule has 20 heavy (non-hydrogen) atoms. The van der Waals surface area contributed by atoms with Gasteiger partial charge in [0, 0.05) is 5.56 Å². The van der Waals surface area contributed by atoms with E-state index in [9.17, 15) is 14.0 Å². The number of carbonyl (C=O) groups is 2. The van der Waals surface area contributed by atoms with E-state index >= 15 is 0 Å². The molecule has 0 fully saturated rings. The van der Waals surface area contributed by atoms with Crippen LogP contribution in [0.2, 0.25) is 4.34 Å². The number of carbonyl (C=O) groups excluding carboxylic acids is 2. The topological polar surface area (TPSA) is 69.4 Å². The van der Waals surface area contributed by atoms with Crippen LogP contribution in [-0.2, 0) is 9.53 Å². The van der Waals surface area contributed by atoms with Gasteiger partial charge in [-0.1, -0.05) is 23.7 Å². The zero-order valence-electron chi connectivity index (χ0n) is 10.0. The van der Waals surface area contributed by atoms with Gasteiger partial charge in [0.1, 0.15) is 10.7 Å². The van der Waals surface area contributed by atoms with Gasteiger partial charge in [0.25, 0.3) is 5.91 Å². The van der Waals surface area contributed by atoms with Crippen molar-refractivity contribution in [1.82, 2.24) is 0 Å². The summed E-state index contributed by atoms with van der Waals surface area (Å²) in [6.45, 7) is 0. The second kappa shape index (κ2) is 6.02. The first kappa shape index (κ1) is 14.5. The van der Waals surface area contributed by atoms with Gasteiger partial charge in [-0.05, 0) is 24.3 Å². The average Bonchev–Trinajstić information content (AvgIpc) is 2.83. The number of ether oxygens (including phenoxy) is 1. The van der Waals surface area contributed by atoms with Gasteiger partial charge in [-0.25, -0.2) is 9.18 Å². The van der Waals surface area contributed by atoms with Crippen LogP contribution in [0.4, 0.5) is 4.39 Å². The van der Waals surface area contributed by atoms with Crippen LogP contribution in [0.25, 0.3) is 0 Å². The van der Waals surface area contributed by atoms with Crippen LogP contribution in [-0.4, -0.2) is 11.9 Å². The average molecular weight is 314 g/mol. The number of halogens is 2. The van der Waals surface area contributed by atoms with Crippen LogP contribution in [0.15, 0.2) is 36.4 Å². The van der Waals surface area contributed by atoms with Crippen LogP contribution in [0.5, 0.6) is 0 Å². The highest BCUT2D eigenvalue weighted by atomic mass is 35.5. The molecule has 0 saturated heterocycles. The minimum Gasteiger partial charge on any atom is -0.443 e. The van der Waals surface area contributed by atoms with Crippen LogP contribution in [0.1, 0.15) is 21.3 Å². The van der Waals surface area contributed by atoms with Crippen molar-refractivity contribution < 1.29 is 18.7 Å². The Labute approximate surface area is 122 Å². The van der Waals surface area contributed by atoms with Crippen molar-refractivity contribution in [3.8, 4) is 0 Å². The number of amides is 1. The summed E-state index contributed by atoms with van der Waals surface area (Å²) in [5, 5.41) is 0. The van der Waals surface area contributed by atoms with E-state index in [1.165, 1.54) is 18.2 Å². The molecule has 2 aromatic rings. The molecular formula is C13H9ClFNO3S. The van der Waals surface area contributed by atoms with Gasteiger partial charge in [-0.2, -0.15) is 0 Å². The molecule has 1 heterocycles. The normalized spacial score (nSPS) is 11.9. The summed E-state index contributed by atoms with van der Waals surface area (Å²) >= 11 is 6.74. The van der Waals surface area contributed by atoms with Gasteiger partial charge in [-0.15, -0.1) is 11.3 Å². The monoisotopic (exact) mass is 313 g/mol. The molecule has 0 saturated carbocycles. The van der Waals surface area contributed by atoms with Crippen LogP contribution in [0, 0.1) is 5.82 Å². The lowest BCUT2D eigenvalue weighted by Gasteiger charge is -2.14. The summed E-state index contributed by atoms with van der Waals surface area (Å²) in [5.74, 6) is -2.02. The van der Waals surface area contributed by atoms with E-state index in [1.54, 1.807) is 6.07 Å². The minimum atomic E-state index is -1.27. The predicted octanol–water partition coefficient (Wildman–Crippen LogP) is 2.92. The second-order valence-electron chi connectivity index (χ2n) is 3.84. The summed E-state index contributed by atoms with van der Waals surface area (Å²) in [6, 6.07) is 8.00. The van der Waals surface area contributed by atoms with E-state index in [2.05, 4.69) is 0 Å². The highest BCUT2D eigenvalue weighted by molar-refractivity contribution is 7.17. The first-order chi connectivity index (χ1) is 9.47. The first-order valence-corrected chi connectivity index (χ1v) is 6.68. The largest absolute Gasteiger partial charge is 0.443 e. The second-order valence-corrected chi connectivity index (χ2v) is 5.56. The maximum absolute atomic E-state index is 12.8. The molecule has 0 aliphatic rings. The number of esters is 1. The first-order valence-electron chi connectivity index (χ1n) is 5.48. The lowest BCUT2D eigenvalue weighted by molar-refractivity contribution is -0.127. The summed E-state index contributed by atoms with van der Waals surface area (Å²) in [5.41, 5.74) is 5.51. The van der Waals surface area contributed by atoms with Crippen molar-refractivity contribution in [3.05, 3.63) is 57.0 Å². The van der Waals surface area contributed by atoms with Gasteiger partial charge in [0.15, 0.2) is 0 Å². The van der Waals surface area contributed by atoms with Crippen LogP contribution in [0.3, 0.4) is 0 Å². The van der Waals surface area contributed by atoms with E-state index in [4.69, 9.17) is 22.1 Å². The predicted molar refractivity (Wildman–Crippen MR) is 73.1 cm³/mol. The van der Waals surface area contributed by atoms with Crippen molar-refractivity contribution in [1.29, 1.82) is 0 Å². The van der Waals surface area contributed by atoms with Gasteiger partial charge in [0.05, 0.1) is 4.34 Å². The fourth-order valence-corrected chi connectivity index (χ4v) is 2.44. The fraction of sp³-hybridized carbons (Fsp3) is 0.0769. The van der Waals surface area contributed by atoms with Crippen molar-refractivity contribution >= 4 is 34.8 Å². The van der Waals surface area contributed by atoms with Gasteiger partial charge >= 0.3 is 5.97 Å². The molecule has 1 unspecified atom stereocenters. The van der Waals surface area contributed by atoms with Crippen molar-refractivity contribution in [2.45, 2.75) is 6.10 Å². The Morgan fingerprint density at radius 3 is 2.35 bits per heavy atom. The molecule has 1 atom stereocenters. The van der Waals surface area contributed by atoms with Crippen LogP contribution < -0.4 is 5.73 Å². The van der Waals surface area contributed by atoms with Gasteiger partial charge < -0.3 is 10.5 Å². The lowest BCUT2D eigenvalue weighted by Crippen LogP contribution is -2.26. The Morgan fingerprint density at radius 2 is 1.85 bits per heavy atom. The smallest absolute Gasteiger partial charge is 0.349 e. The molecule has 0 aliphatic heterocycles. The lowest BCUT2D eigenvalue weighted by atomic mass is 10.1. The zero-order chi connectivity index (χ0) is 14.7. The number of hydrogen-bond acceptors (Lipinski definition) is 4. The highest BCUT2D eigenvalue weighted by Crippen LogP contribution is 2.25. The van der Waals surface area contributed by atoms with Crippen molar-refractivity contribution in [2.75, 3.05) is 0 Å². The molecule has 104 valence electrons. The summed E-state index contributed by atoms with van der Waals surface area (Å²) in [6.07, 6.45) is -1.27. The molecule has 0 radical (unpaired) electrons.